The van der Waals surface area contributed by atoms with Gasteiger partial charge in [0.15, 0.2) is 5.82 Å². The molecule has 19 heavy (non-hydrogen) atoms. The summed E-state index contributed by atoms with van der Waals surface area (Å²) in [6.45, 7) is 5.44. The molecule has 0 spiro atoms. The van der Waals surface area contributed by atoms with Crippen LogP contribution in [-0.2, 0) is 4.74 Å². The Morgan fingerprint density at radius 3 is 2.47 bits per heavy atom. The molecule has 2 N–H and O–H groups in total. The van der Waals surface area contributed by atoms with Gasteiger partial charge < -0.3 is 4.74 Å². The van der Waals surface area contributed by atoms with Gasteiger partial charge in [-0.1, -0.05) is 0 Å². The maximum atomic E-state index is 11.6. The average Bonchev–Trinajstić information content (AvgIpc) is 2.80. The van der Waals surface area contributed by atoms with Crippen molar-refractivity contribution in [1.29, 1.82) is 0 Å². The molecule has 0 bridgehead atoms. The lowest BCUT2D eigenvalue weighted by molar-refractivity contribution is 0.0636. The van der Waals surface area contributed by atoms with E-state index in [4.69, 9.17) is 4.74 Å². The predicted molar refractivity (Wildman–Crippen MR) is 69.5 cm³/mol. The predicted octanol–water partition coefficient (Wildman–Crippen LogP) is 2.21. The molecule has 0 aliphatic rings. The van der Waals surface area contributed by atoms with Crippen LogP contribution in [0.3, 0.4) is 0 Å². The second kappa shape index (κ2) is 5.05. The second-order valence-electron chi connectivity index (χ2n) is 4.95. The Kier molecular flexibility index (Phi) is 3.46. The smallest absolute Gasteiger partial charge is 0.412 e. The third kappa shape index (κ3) is 3.77. The number of hydrogen-bond donors (Lipinski definition) is 2. The summed E-state index contributed by atoms with van der Waals surface area (Å²) in [5.41, 5.74) is 0.959. The Hall–Kier alpha value is -2.44. The Bertz CT molecular complexity index is 542. The highest BCUT2D eigenvalue weighted by molar-refractivity contribution is 5.85. The number of carbonyl (C=O) groups is 1. The highest BCUT2D eigenvalue weighted by atomic mass is 16.6. The van der Waals surface area contributed by atoms with Crippen LogP contribution in [0.2, 0.25) is 0 Å². The number of H-pyrrole nitrogens is 1. The van der Waals surface area contributed by atoms with Crippen molar-refractivity contribution in [2.45, 2.75) is 26.4 Å². The maximum absolute atomic E-state index is 11.6. The van der Waals surface area contributed by atoms with E-state index in [1.165, 1.54) is 0 Å². The standard InChI is InChI=1S/C12H15N5O2/c1-12(2,3)19-11(18)13-9-6-4-8(5-7-9)10-14-16-17-15-10/h4-7H,1-3H3,(H,13,18)(H,14,15,16,17). The number of nitrogens with zero attached hydrogens (tertiary/aromatic N) is 3. The normalized spacial score (nSPS) is 11.1. The van der Waals surface area contributed by atoms with Gasteiger partial charge in [-0.3, -0.25) is 5.32 Å². The molecule has 0 atom stereocenters. The number of tetrazole rings is 1. The SMILES string of the molecule is CC(C)(C)OC(=O)Nc1ccc(-c2nnn[nH]2)cc1. The van der Waals surface area contributed by atoms with Crippen molar-refractivity contribution < 1.29 is 9.53 Å². The van der Waals surface area contributed by atoms with Crippen molar-refractivity contribution >= 4 is 11.8 Å². The number of aromatic amines is 1. The van der Waals surface area contributed by atoms with Crippen LogP contribution in [0.5, 0.6) is 0 Å². The number of nitrogens with one attached hydrogen (secondary N) is 2. The molecule has 7 heteroatoms. The Labute approximate surface area is 110 Å². The van der Waals surface area contributed by atoms with Gasteiger partial charge in [0, 0.05) is 11.3 Å². The summed E-state index contributed by atoms with van der Waals surface area (Å²) in [6, 6.07) is 7.10. The largest absolute Gasteiger partial charge is 0.444 e. The van der Waals surface area contributed by atoms with Gasteiger partial charge in [-0.25, -0.2) is 9.89 Å². The van der Waals surface area contributed by atoms with E-state index in [9.17, 15) is 4.79 Å². The van der Waals surface area contributed by atoms with Crippen LogP contribution >= 0.6 is 0 Å². The van der Waals surface area contributed by atoms with Crippen molar-refractivity contribution in [3.63, 3.8) is 0 Å². The summed E-state index contributed by atoms with van der Waals surface area (Å²) in [4.78, 5) is 11.6. The zero-order valence-corrected chi connectivity index (χ0v) is 11.0. The number of benzene rings is 1. The number of ether oxygens (including phenoxy) is 1. The van der Waals surface area contributed by atoms with Crippen LogP contribution in [0.15, 0.2) is 24.3 Å². The number of anilines is 1. The van der Waals surface area contributed by atoms with E-state index in [2.05, 4.69) is 25.9 Å². The zero-order valence-electron chi connectivity index (χ0n) is 11.0. The van der Waals surface area contributed by atoms with E-state index < -0.39 is 11.7 Å². The summed E-state index contributed by atoms with van der Waals surface area (Å²) >= 11 is 0. The van der Waals surface area contributed by atoms with E-state index in [0.717, 1.165) is 5.56 Å². The highest BCUT2D eigenvalue weighted by Crippen LogP contribution is 2.17. The molecule has 1 aromatic carbocycles. The summed E-state index contributed by atoms with van der Waals surface area (Å²) < 4.78 is 5.16. The molecule has 0 unspecified atom stereocenters. The molecule has 0 saturated heterocycles. The first-order chi connectivity index (χ1) is 8.94. The molecular formula is C12H15N5O2. The number of carbonyl (C=O) groups excluding carboxylic acids is 1. The van der Waals surface area contributed by atoms with Gasteiger partial charge in [0.1, 0.15) is 5.60 Å². The van der Waals surface area contributed by atoms with Crippen molar-refractivity contribution in [3.05, 3.63) is 24.3 Å². The second-order valence-corrected chi connectivity index (χ2v) is 4.95. The fourth-order valence-corrected chi connectivity index (χ4v) is 1.41. The first kappa shape index (κ1) is 13.0. The fourth-order valence-electron chi connectivity index (χ4n) is 1.41. The molecule has 1 heterocycles. The molecule has 0 aliphatic carbocycles. The number of rotatable bonds is 2. The highest BCUT2D eigenvalue weighted by Gasteiger charge is 2.16. The number of amides is 1. The van der Waals surface area contributed by atoms with Gasteiger partial charge in [0.05, 0.1) is 0 Å². The Balaban J connectivity index is 2.01. The van der Waals surface area contributed by atoms with Crippen molar-refractivity contribution in [3.8, 4) is 11.4 Å². The van der Waals surface area contributed by atoms with Crippen LogP contribution < -0.4 is 5.32 Å². The summed E-state index contributed by atoms with van der Waals surface area (Å²) in [5, 5.41) is 16.1. The van der Waals surface area contributed by atoms with Gasteiger partial charge in [-0.2, -0.15) is 0 Å². The lowest BCUT2D eigenvalue weighted by Crippen LogP contribution is -2.27. The third-order valence-electron chi connectivity index (χ3n) is 2.15. The minimum atomic E-state index is -0.518. The average molecular weight is 261 g/mol. The first-order valence-corrected chi connectivity index (χ1v) is 5.78. The fraction of sp³-hybridized carbons (Fsp3) is 0.333. The van der Waals surface area contributed by atoms with E-state index in [1.807, 2.05) is 20.8 Å². The maximum Gasteiger partial charge on any atom is 0.412 e. The van der Waals surface area contributed by atoms with Crippen LogP contribution in [-0.4, -0.2) is 32.3 Å². The third-order valence-corrected chi connectivity index (χ3v) is 2.15. The monoisotopic (exact) mass is 261 g/mol. The van der Waals surface area contributed by atoms with Crippen molar-refractivity contribution in [2.75, 3.05) is 5.32 Å². The van der Waals surface area contributed by atoms with Crippen LogP contribution in [0, 0.1) is 0 Å². The van der Waals surface area contributed by atoms with Crippen molar-refractivity contribution in [2.24, 2.45) is 0 Å². The summed E-state index contributed by atoms with van der Waals surface area (Å²) in [5.74, 6) is 0.573. The molecule has 0 radical (unpaired) electrons. The quantitative estimate of drug-likeness (QED) is 0.864. The van der Waals surface area contributed by atoms with Crippen LogP contribution in [0.4, 0.5) is 10.5 Å². The minimum absolute atomic E-state index is 0.485. The van der Waals surface area contributed by atoms with Gasteiger partial charge in [0.25, 0.3) is 0 Å². The van der Waals surface area contributed by atoms with Crippen LogP contribution in [0.25, 0.3) is 11.4 Å². The lowest BCUT2D eigenvalue weighted by atomic mass is 10.2. The molecule has 0 fully saturated rings. The van der Waals surface area contributed by atoms with Gasteiger partial charge in [0.2, 0.25) is 0 Å². The molecule has 2 aromatic rings. The molecule has 0 saturated carbocycles. The van der Waals surface area contributed by atoms with Gasteiger partial charge in [-0.05, 0) is 55.5 Å². The Morgan fingerprint density at radius 2 is 1.95 bits per heavy atom. The van der Waals surface area contributed by atoms with E-state index in [0.29, 0.717) is 11.5 Å². The molecule has 1 aromatic heterocycles. The van der Waals surface area contributed by atoms with E-state index >= 15 is 0 Å². The summed E-state index contributed by atoms with van der Waals surface area (Å²) in [7, 11) is 0. The lowest BCUT2D eigenvalue weighted by Gasteiger charge is -2.19. The topological polar surface area (TPSA) is 92.8 Å². The summed E-state index contributed by atoms with van der Waals surface area (Å²) in [6.07, 6.45) is -0.485. The van der Waals surface area contributed by atoms with Gasteiger partial charge in [-0.15, -0.1) is 5.10 Å². The zero-order chi connectivity index (χ0) is 13.9. The van der Waals surface area contributed by atoms with Crippen LogP contribution in [0.1, 0.15) is 20.8 Å². The Morgan fingerprint density at radius 1 is 1.26 bits per heavy atom. The van der Waals surface area contributed by atoms with E-state index in [1.54, 1.807) is 24.3 Å². The minimum Gasteiger partial charge on any atom is -0.444 e. The number of hydrogen-bond acceptors (Lipinski definition) is 5. The van der Waals surface area contributed by atoms with Gasteiger partial charge >= 0.3 is 6.09 Å². The molecular weight excluding hydrogens is 246 g/mol. The molecule has 7 nitrogen and oxygen atoms in total. The molecule has 1 amide bonds. The van der Waals surface area contributed by atoms with E-state index in [-0.39, 0.29) is 0 Å². The van der Waals surface area contributed by atoms with Crippen molar-refractivity contribution in [1.82, 2.24) is 20.6 Å². The molecule has 2 rings (SSSR count). The first-order valence-electron chi connectivity index (χ1n) is 5.78. The molecule has 100 valence electrons. The number of aromatic nitrogens is 4. The molecule has 0 aliphatic heterocycles.